The number of hydrogen-bond donors (Lipinski definition) is 3. The Morgan fingerprint density at radius 1 is 1.19 bits per heavy atom. The topological polar surface area (TPSA) is 75.9 Å². The van der Waals surface area contributed by atoms with Gasteiger partial charge in [0.15, 0.2) is 0 Å². The Balaban J connectivity index is 2.01. The number of hydrazine groups is 1. The summed E-state index contributed by atoms with van der Waals surface area (Å²) in [6.45, 7) is 1.90. The fourth-order valence-electron chi connectivity index (χ4n) is 2.05. The van der Waals surface area contributed by atoms with Crippen molar-refractivity contribution in [2.75, 3.05) is 10.7 Å². The van der Waals surface area contributed by atoms with E-state index in [4.69, 9.17) is 29.0 Å². The molecule has 2 aromatic rings. The van der Waals surface area contributed by atoms with Crippen LogP contribution in [0.4, 0.5) is 17.3 Å². The molecule has 0 bridgehead atoms. The highest BCUT2D eigenvalue weighted by Gasteiger charge is 2.28. The number of aromatic nitrogens is 2. The third-order valence-corrected chi connectivity index (χ3v) is 4.27. The van der Waals surface area contributed by atoms with Crippen LogP contribution in [0.2, 0.25) is 10.0 Å². The molecule has 0 aliphatic heterocycles. The van der Waals surface area contributed by atoms with Crippen LogP contribution in [0.25, 0.3) is 0 Å². The summed E-state index contributed by atoms with van der Waals surface area (Å²) in [7, 11) is 0. The molecule has 1 aromatic carbocycles. The molecule has 3 rings (SSSR count). The lowest BCUT2D eigenvalue weighted by atomic mass is 10.2. The number of hydrogen-bond acceptors (Lipinski definition) is 5. The predicted octanol–water partition coefficient (Wildman–Crippen LogP) is 4.00. The van der Waals surface area contributed by atoms with E-state index in [-0.39, 0.29) is 0 Å². The van der Waals surface area contributed by atoms with Crippen LogP contribution in [0, 0.1) is 6.92 Å². The molecule has 21 heavy (non-hydrogen) atoms. The molecular weight excluding hydrogens is 309 g/mol. The van der Waals surface area contributed by atoms with Crippen molar-refractivity contribution in [3.05, 3.63) is 39.6 Å². The maximum Gasteiger partial charge on any atom is 0.148 e. The molecule has 0 spiro atoms. The van der Waals surface area contributed by atoms with Gasteiger partial charge < -0.3 is 10.7 Å². The Morgan fingerprint density at radius 2 is 1.90 bits per heavy atom. The van der Waals surface area contributed by atoms with Crippen LogP contribution < -0.4 is 16.6 Å². The molecular formula is C14H15Cl2N5. The summed E-state index contributed by atoms with van der Waals surface area (Å²) in [6, 6.07) is 5.42. The molecule has 0 saturated heterocycles. The average molecular weight is 324 g/mol. The number of rotatable bonds is 4. The Hall–Kier alpha value is -1.56. The number of nitrogen functional groups attached to an aromatic ring is 1. The largest absolute Gasteiger partial charge is 0.339 e. The quantitative estimate of drug-likeness (QED) is 0.585. The highest BCUT2D eigenvalue weighted by molar-refractivity contribution is 6.43. The highest BCUT2D eigenvalue weighted by atomic mass is 35.5. The molecule has 0 radical (unpaired) electrons. The zero-order valence-corrected chi connectivity index (χ0v) is 13.0. The van der Waals surface area contributed by atoms with Gasteiger partial charge in [0.25, 0.3) is 0 Å². The first kappa shape index (κ1) is 14.4. The van der Waals surface area contributed by atoms with Gasteiger partial charge in [0.2, 0.25) is 0 Å². The van der Waals surface area contributed by atoms with Crippen LogP contribution in [0.1, 0.15) is 30.1 Å². The summed E-state index contributed by atoms with van der Waals surface area (Å²) in [5.74, 6) is 8.07. The van der Waals surface area contributed by atoms with Gasteiger partial charge in [-0.1, -0.05) is 29.3 Å². The van der Waals surface area contributed by atoms with Crippen molar-refractivity contribution < 1.29 is 0 Å². The van der Waals surface area contributed by atoms with Gasteiger partial charge in [-0.05, 0) is 31.9 Å². The van der Waals surface area contributed by atoms with E-state index in [0.717, 1.165) is 24.2 Å². The average Bonchev–Trinajstić information content (AvgIpc) is 3.30. The van der Waals surface area contributed by atoms with Crippen molar-refractivity contribution in [3.8, 4) is 0 Å². The maximum atomic E-state index is 6.21. The van der Waals surface area contributed by atoms with Gasteiger partial charge in [0, 0.05) is 11.5 Å². The Kier molecular flexibility index (Phi) is 3.89. The summed E-state index contributed by atoms with van der Waals surface area (Å²) in [5.41, 5.74) is 4.16. The van der Waals surface area contributed by atoms with Crippen LogP contribution in [-0.2, 0) is 0 Å². The van der Waals surface area contributed by atoms with E-state index in [1.54, 1.807) is 6.07 Å². The number of anilines is 3. The molecule has 0 unspecified atom stereocenters. The summed E-state index contributed by atoms with van der Waals surface area (Å²) < 4.78 is 0. The Labute approximate surface area is 132 Å². The van der Waals surface area contributed by atoms with Crippen LogP contribution in [-0.4, -0.2) is 9.97 Å². The molecule has 0 atom stereocenters. The Bertz CT molecular complexity index is 685. The first-order chi connectivity index (χ1) is 10.1. The van der Waals surface area contributed by atoms with E-state index < -0.39 is 0 Å². The lowest BCUT2D eigenvalue weighted by molar-refractivity contribution is 0.920. The number of nitrogens with one attached hydrogen (secondary N) is 2. The maximum absolute atomic E-state index is 6.21. The lowest BCUT2D eigenvalue weighted by Crippen LogP contribution is -2.14. The molecule has 7 heteroatoms. The van der Waals surface area contributed by atoms with Gasteiger partial charge in [0.05, 0.1) is 15.7 Å². The number of benzene rings is 1. The predicted molar refractivity (Wildman–Crippen MR) is 86.3 cm³/mol. The van der Waals surface area contributed by atoms with Crippen molar-refractivity contribution in [2.45, 2.75) is 25.7 Å². The second-order valence-electron chi connectivity index (χ2n) is 5.05. The first-order valence-electron chi connectivity index (χ1n) is 6.66. The third-order valence-electron chi connectivity index (χ3n) is 3.45. The smallest absolute Gasteiger partial charge is 0.148 e. The molecule has 1 aliphatic rings. The van der Waals surface area contributed by atoms with E-state index in [1.807, 2.05) is 19.1 Å². The minimum absolute atomic E-state index is 0.424. The highest BCUT2D eigenvalue weighted by Crippen LogP contribution is 2.40. The third kappa shape index (κ3) is 2.90. The monoisotopic (exact) mass is 323 g/mol. The second kappa shape index (κ2) is 5.67. The molecule has 1 fully saturated rings. The van der Waals surface area contributed by atoms with Gasteiger partial charge >= 0.3 is 0 Å². The zero-order chi connectivity index (χ0) is 15.0. The van der Waals surface area contributed by atoms with Crippen LogP contribution in [0.3, 0.4) is 0 Å². The number of nitrogens with two attached hydrogens (primary N) is 1. The number of halogens is 2. The van der Waals surface area contributed by atoms with E-state index in [0.29, 0.717) is 33.3 Å². The first-order valence-corrected chi connectivity index (χ1v) is 7.42. The lowest BCUT2D eigenvalue weighted by Gasteiger charge is -2.14. The summed E-state index contributed by atoms with van der Waals surface area (Å²) >= 11 is 12.2. The molecule has 1 aromatic heterocycles. The van der Waals surface area contributed by atoms with Crippen LogP contribution in [0.5, 0.6) is 0 Å². The van der Waals surface area contributed by atoms with Gasteiger partial charge in [-0.25, -0.2) is 15.8 Å². The van der Waals surface area contributed by atoms with Crippen molar-refractivity contribution in [2.24, 2.45) is 5.84 Å². The van der Waals surface area contributed by atoms with Gasteiger partial charge in [-0.2, -0.15) is 0 Å². The minimum atomic E-state index is 0.424. The SMILES string of the molecule is Cc1c(NN)nc(C2CC2)nc1Nc1cccc(Cl)c1Cl. The Morgan fingerprint density at radius 3 is 2.57 bits per heavy atom. The van der Waals surface area contributed by atoms with Crippen molar-refractivity contribution in [1.82, 2.24) is 9.97 Å². The molecule has 1 heterocycles. The van der Waals surface area contributed by atoms with E-state index in [1.165, 1.54) is 0 Å². The van der Waals surface area contributed by atoms with E-state index >= 15 is 0 Å². The van der Waals surface area contributed by atoms with Crippen molar-refractivity contribution in [1.29, 1.82) is 0 Å². The van der Waals surface area contributed by atoms with Crippen molar-refractivity contribution in [3.63, 3.8) is 0 Å². The fraction of sp³-hybridized carbons (Fsp3) is 0.286. The number of nitrogens with zero attached hydrogens (tertiary/aromatic N) is 2. The van der Waals surface area contributed by atoms with Gasteiger partial charge in [-0.3, -0.25) is 0 Å². The standard InChI is InChI=1S/C14H15Cl2N5/c1-7-12(18-10-4-2-3-9(15)11(10)16)19-14(8-5-6-8)20-13(7)21-17/h2-4,8H,5-6,17H2,1H3,(H2,18,19,20,21). The molecule has 4 N–H and O–H groups in total. The minimum Gasteiger partial charge on any atom is -0.339 e. The molecule has 1 saturated carbocycles. The fourth-order valence-corrected chi connectivity index (χ4v) is 2.40. The zero-order valence-electron chi connectivity index (χ0n) is 11.5. The molecule has 0 amide bonds. The molecule has 110 valence electrons. The van der Waals surface area contributed by atoms with Crippen LogP contribution in [0.15, 0.2) is 18.2 Å². The van der Waals surface area contributed by atoms with Crippen LogP contribution >= 0.6 is 23.2 Å². The van der Waals surface area contributed by atoms with E-state index in [2.05, 4.69) is 20.7 Å². The summed E-state index contributed by atoms with van der Waals surface area (Å²) in [5, 5.41) is 4.17. The van der Waals surface area contributed by atoms with Crippen molar-refractivity contribution >= 4 is 40.5 Å². The summed E-state index contributed by atoms with van der Waals surface area (Å²) in [4.78, 5) is 9.04. The van der Waals surface area contributed by atoms with Gasteiger partial charge in [0.1, 0.15) is 17.5 Å². The van der Waals surface area contributed by atoms with Gasteiger partial charge in [-0.15, -0.1) is 0 Å². The normalized spacial score (nSPS) is 14.1. The molecule has 5 nitrogen and oxygen atoms in total. The second-order valence-corrected chi connectivity index (χ2v) is 5.83. The van der Waals surface area contributed by atoms with E-state index in [9.17, 15) is 0 Å². The molecule has 1 aliphatic carbocycles. The summed E-state index contributed by atoms with van der Waals surface area (Å²) in [6.07, 6.45) is 2.23.